The molecule has 1 heterocycles. The number of benzene rings is 3. The van der Waals surface area contributed by atoms with E-state index in [-0.39, 0.29) is 36.8 Å². The molecule has 10 heteroatoms. The van der Waals surface area contributed by atoms with Crippen LogP contribution in [0.3, 0.4) is 0 Å². The Balaban J connectivity index is 1.36. The maximum atomic E-state index is 12.8. The zero-order valence-electron chi connectivity index (χ0n) is 19.7. The van der Waals surface area contributed by atoms with Crippen molar-refractivity contribution in [2.75, 3.05) is 25.1 Å². The molecular formula is C27H22Br2N2O5S. The van der Waals surface area contributed by atoms with Gasteiger partial charge >= 0.3 is 0 Å². The molecule has 1 aliphatic rings. The standard InChI is InChI=1S/C27H22Br2N2O5S/c1-17-6-5-7-19(12-17)30-24(32)16-36-25-21(28)13-18(14-22(25)29)15-23-26(33)31(27(34)37-23)10-11-35-20-8-3-2-4-9-20/h2-9,12-15H,10-11,16H2,1H3,(H,30,32)/b23-15-. The van der Waals surface area contributed by atoms with Crippen molar-refractivity contribution >= 4 is 72.4 Å². The fourth-order valence-corrected chi connectivity index (χ4v) is 5.79. The van der Waals surface area contributed by atoms with Gasteiger partial charge in [0, 0.05) is 5.69 Å². The number of aryl methyl sites for hydroxylation is 1. The molecule has 3 aromatic carbocycles. The van der Waals surface area contributed by atoms with Gasteiger partial charge in [-0.05, 0) is 104 Å². The van der Waals surface area contributed by atoms with E-state index < -0.39 is 0 Å². The Hall–Kier alpha value is -3.08. The van der Waals surface area contributed by atoms with Crippen LogP contribution in [0.2, 0.25) is 0 Å². The predicted molar refractivity (Wildman–Crippen MR) is 152 cm³/mol. The minimum atomic E-state index is -0.368. The summed E-state index contributed by atoms with van der Waals surface area (Å²) in [5, 5.41) is 2.46. The van der Waals surface area contributed by atoms with Crippen LogP contribution in [-0.2, 0) is 9.59 Å². The number of hydrogen-bond acceptors (Lipinski definition) is 6. The summed E-state index contributed by atoms with van der Waals surface area (Å²) < 4.78 is 12.5. The lowest BCUT2D eigenvalue weighted by Gasteiger charge is -2.13. The minimum Gasteiger partial charge on any atom is -0.492 e. The van der Waals surface area contributed by atoms with Crippen molar-refractivity contribution in [3.63, 3.8) is 0 Å². The van der Waals surface area contributed by atoms with Crippen LogP contribution in [0.4, 0.5) is 10.5 Å². The number of anilines is 1. The quantitative estimate of drug-likeness (QED) is 0.262. The number of hydrogen-bond donors (Lipinski definition) is 1. The molecule has 1 saturated heterocycles. The van der Waals surface area contributed by atoms with Gasteiger partial charge in [0.25, 0.3) is 17.1 Å². The summed E-state index contributed by atoms with van der Waals surface area (Å²) in [7, 11) is 0. The zero-order chi connectivity index (χ0) is 26.4. The van der Waals surface area contributed by atoms with E-state index in [2.05, 4.69) is 37.2 Å². The van der Waals surface area contributed by atoms with Gasteiger partial charge in [-0.2, -0.15) is 0 Å². The molecule has 0 radical (unpaired) electrons. The van der Waals surface area contributed by atoms with E-state index in [1.165, 1.54) is 4.90 Å². The molecule has 7 nitrogen and oxygen atoms in total. The maximum Gasteiger partial charge on any atom is 0.293 e. The largest absolute Gasteiger partial charge is 0.492 e. The lowest BCUT2D eigenvalue weighted by atomic mass is 10.2. The zero-order valence-corrected chi connectivity index (χ0v) is 23.7. The Morgan fingerprint density at radius 2 is 1.73 bits per heavy atom. The number of imide groups is 1. The third-order valence-corrected chi connectivity index (χ3v) is 7.25. The van der Waals surface area contributed by atoms with Crippen LogP contribution in [0.15, 0.2) is 80.6 Å². The second-order valence-electron chi connectivity index (χ2n) is 8.01. The Morgan fingerprint density at radius 1 is 1.00 bits per heavy atom. The van der Waals surface area contributed by atoms with Crippen LogP contribution in [0.25, 0.3) is 6.08 Å². The Kier molecular flexibility index (Phi) is 9.07. The number of nitrogens with one attached hydrogen (secondary N) is 1. The number of amides is 3. The van der Waals surface area contributed by atoms with Gasteiger partial charge < -0.3 is 14.8 Å². The first kappa shape index (κ1) is 27.0. The molecule has 0 aromatic heterocycles. The molecule has 1 aliphatic heterocycles. The first-order valence-electron chi connectivity index (χ1n) is 11.2. The number of rotatable bonds is 9. The fraction of sp³-hybridized carbons (Fsp3) is 0.148. The summed E-state index contributed by atoms with van der Waals surface area (Å²) in [5.41, 5.74) is 2.42. The Morgan fingerprint density at radius 3 is 2.43 bits per heavy atom. The summed E-state index contributed by atoms with van der Waals surface area (Å²) in [6.07, 6.45) is 1.65. The summed E-state index contributed by atoms with van der Waals surface area (Å²) in [6.45, 7) is 2.12. The number of thioether (sulfide) groups is 1. The summed E-state index contributed by atoms with van der Waals surface area (Å²) >= 11 is 7.82. The first-order chi connectivity index (χ1) is 17.8. The molecule has 0 spiro atoms. The van der Waals surface area contributed by atoms with Crippen molar-refractivity contribution in [2.24, 2.45) is 0 Å². The number of nitrogens with zero attached hydrogens (tertiary/aromatic N) is 1. The number of halogens is 2. The van der Waals surface area contributed by atoms with Crippen LogP contribution in [0.5, 0.6) is 11.5 Å². The lowest BCUT2D eigenvalue weighted by molar-refractivity contribution is -0.123. The van der Waals surface area contributed by atoms with Crippen molar-refractivity contribution in [1.29, 1.82) is 0 Å². The van der Waals surface area contributed by atoms with Crippen molar-refractivity contribution < 1.29 is 23.9 Å². The van der Waals surface area contributed by atoms with Crippen molar-refractivity contribution in [1.82, 2.24) is 4.90 Å². The van der Waals surface area contributed by atoms with Gasteiger partial charge in [0.2, 0.25) is 0 Å². The van der Waals surface area contributed by atoms with Crippen molar-refractivity contribution in [3.8, 4) is 11.5 Å². The Bertz CT molecular complexity index is 1340. The van der Waals surface area contributed by atoms with E-state index in [0.29, 0.717) is 36.6 Å². The molecule has 3 aromatic rings. The normalized spacial score (nSPS) is 14.2. The number of ether oxygens (including phenoxy) is 2. The predicted octanol–water partition coefficient (Wildman–Crippen LogP) is 6.65. The van der Waals surface area contributed by atoms with E-state index in [1.54, 1.807) is 18.2 Å². The average molecular weight is 646 g/mol. The second kappa shape index (κ2) is 12.4. The van der Waals surface area contributed by atoms with Gasteiger partial charge in [0.05, 0.1) is 20.4 Å². The van der Waals surface area contributed by atoms with Gasteiger partial charge in [-0.1, -0.05) is 30.3 Å². The topological polar surface area (TPSA) is 84.9 Å². The fourth-order valence-electron chi connectivity index (χ4n) is 3.47. The monoisotopic (exact) mass is 644 g/mol. The highest BCUT2D eigenvalue weighted by Crippen LogP contribution is 2.37. The highest BCUT2D eigenvalue weighted by atomic mass is 79.9. The SMILES string of the molecule is Cc1cccc(NC(=O)COc2c(Br)cc(/C=C3\SC(=O)N(CCOc4ccccc4)C3=O)cc2Br)c1. The Labute approximate surface area is 235 Å². The molecule has 0 atom stereocenters. The average Bonchev–Trinajstić information content (AvgIpc) is 3.11. The molecule has 37 heavy (non-hydrogen) atoms. The van der Waals surface area contributed by atoms with E-state index >= 15 is 0 Å². The van der Waals surface area contributed by atoms with Crippen LogP contribution in [0.1, 0.15) is 11.1 Å². The lowest BCUT2D eigenvalue weighted by Crippen LogP contribution is -2.32. The third kappa shape index (κ3) is 7.24. The van der Waals surface area contributed by atoms with Crippen LogP contribution < -0.4 is 14.8 Å². The van der Waals surface area contributed by atoms with Gasteiger partial charge in [0.1, 0.15) is 18.1 Å². The maximum absolute atomic E-state index is 12.8. The molecule has 190 valence electrons. The number of para-hydroxylation sites is 1. The summed E-state index contributed by atoms with van der Waals surface area (Å²) in [4.78, 5) is 39.0. The molecule has 0 unspecified atom stereocenters. The van der Waals surface area contributed by atoms with Crippen LogP contribution in [0, 0.1) is 6.92 Å². The van der Waals surface area contributed by atoms with Gasteiger partial charge in [-0.15, -0.1) is 0 Å². The van der Waals surface area contributed by atoms with E-state index in [1.807, 2.05) is 61.5 Å². The molecule has 0 saturated carbocycles. The molecule has 1 N–H and O–H groups in total. The van der Waals surface area contributed by atoms with E-state index in [9.17, 15) is 14.4 Å². The second-order valence-corrected chi connectivity index (χ2v) is 10.7. The molecule has 1 fully saturated rings. The molecule has 3 amide bonds. The highest BCUT2D eigenvalue weighted by molar-refractivity contribution is 9.11. The third-order valence-electron chi connectivity index (χ3n) is 5.17. The highest BCUT2D eigenvalue weighted by Gasteiger charge is 2.34. The molecule has 4 rings (SSSR count). The van der Waals surface area contributed by atoms with E-state index in [4.69, 9.17) is 9.47 Å². The molecule has 0 aliphatic carbocycles. The first-order valence-corrected chi connectivity index (χ1v) is 13.6. The number of carbonyl (C=O) groups is 3. The number of carbonyl (C=O) groups excluding carboxylic acids is 3. The minimum absolute atomic E-state index is 0.154. The summed E-state index contributed by atoms with van der Waals surface area (Å²) in [6, 6.07) is 20.2. The van der Waals surface area contributed by atoms with Gasteiger partial charge in [-0.3, -0.25) is 19.3 Å². The van der Waals surface area contributed by atoms with E-state index in [0.717, 1.165) is 17.3 Å². The molecule has 0 bridgehead atoms. The van der Waals surface area contributed by atoms with Gasteiger partial charge in [0.15, 0.2) is 6.61 Å². The van der Waals surface area contributed by atoms with Crippen molar-refractivity contribution in [2.45, 2.75) is 6.92 Å². The van der Waals surface area contributed by atoms with Crippen LogP contribution in [-0.4, -0.2) is 41.7 Å². The van der Waals surface area contributed by atoms with Crippen molar-refractivity contribution in [3.05, 3.63) is 91.7 Å². The smallest absolute Gasteiger partial charge is 0.293 e. The summed E-state index contributed by atoms with van der Waals surface area (Å²) in [5.74, 6) is 0.461. The molecular weight excluding hydrogens is 624 g/mol. The van der Waals surface area contributed by atoms with Crippen LogP contribution >= 0.6 is 43.6 Å². The van der Waals surface area contributed by atoms with Gasteiger partial charge in [-0.25, -0.2) is 0 Å².